The lowest BCUT2D eigenvalue weighted by Crippen LogP contribution is -2.05. The van der Waals surface area contributed by atoms with Crippen LogP contribution in [0.15, 0.2) is 40.4 Å². The van der Waals surface area contributed by atoms with Crippen molar-refractivity contribution in [3.8, 4) is 0 Å². The summed E-state index contributed by atoms with van der Waals surface area (Å²) in [4.78, 5) is 5.65. The molecule has 0 unspecified atom stereocenters. The van der Waals surface area contributed by atoms with Crippen molar-refractivity contribution in [3.05, 3.63) is 58.1 Å². The van der Waals surface area contributed by atoms with Crippen molar-refractivity contribution in [2.45, 2.75) is 55.5 Å². The molecule has 5 rings (SSSR count). The first-order valence-corrected chi connectivity index (χ1v) is 11.1. The van der Waals surface area contributed by atoms with E-state index in [9.17, 15) is 3.89 Å². The first kappa shape index (κ1) is 18.1. The minimum atomic E-state index is 0.0830. The molecule has 0 saturated carbocycles. The standard InChI is InChI=1S/C21H21FN4S2/c1-13-5-2-8-16(11-13)27-21-24-20(26(25-21)28-22)23-19-17-9-3-6-14(17)12-15-7-4-10-18(15)19/h2,5,8,11-12H,3-4,6-7,9-10H2,1H3,(H,23,24,25). The Labute approximate surface area is 172 Å². The van der Waals surface area contributed by atoms with Crippen LogP contribution in [0.25, 0.3) is 0 Å². The molecule has 1 heterocycles. The van der Waals surface area contributed by atoms with Gasteiger partial charge in [-0.3, -0.25) is 0 Å². The smallest absolute Gasteiger partial charge is 0.239 e. The SMILES string of the molecule is Cc1cccc(Sc2nc(Nc3c4c(cc5c3CCC5)CCC4)n(SF)n2)c1. The highest BCUT2D eigenvalue weighted by Gasteiger charge is 2.25. The highest BCUT2D eigenvalue weighted by atomic mass is 32.2. The molecular formula is C21H21FN4S2. The molecule has 0 fully saturated rings. The number of anilines is 2. The highest BCUT2D eigenvalue weighted by molar-refractivity contribution is 7.99. The van der Waals surface area contributed by atoms with Crippen molar-refractivity contribution in [3.63, 3.8) is 0 Å². The van der Waals surface area contributed by atoms with Crippen LogP contribution >= 0.6 is 24.1 Å². The first-order valence-electron chi connectivity index (χ1n) is 9.65. The number of hydrogen-bond acceptors (Lipinski definition) is 5. The van der Waals surface area contributed by atoms with Crippen LogP contribution in [0.4, 0.5) is 15.5 Å². The van der Waals surface area contributed by atoms with Gasteiger partial charge in [0.2, 0.25) is 11.1 Å². The summed E-state index contributed by atoms with van der Waals surface area (Å²) in [6.07, 6.45) is 6.80. The molecule has 3 aromatic rings. The van der Waals surface area contributed by atoms with Crippen LogP contribution in [-0.2, 0) is 25.7 Å². The molecular weight excluding hydrogens is 391 g/mol. The van der Waals surface area contributed by atoms with Crippen molar-refractivity contribution in [1.29, 1.82) is 0 Å². The fourth-order valence-electron chi connectivity index (χ4n) is 4.31. The zero-order chi connectivity index (χ0) is 19.1. The maximum Gasteiger partial charge on any atom is 0.239 e. The van der Waals surface area contributed by atoms with E-state index in [1.54, 1.807) is 0 Å². The number of halogens is 1. The molecule has 0 aliphatic heterocycles. The van der Waals surface area contributed by atoms with E-state index in [4.69, 9.17) is 0 Å². The molecule has 0 saturated heterocycles. The molecule has 7 heteroatoms. The van der Waals surface area contributed by atoms with E-state index in [0.29, 0.717) is 11.1 Å². The van der Waals surface area contributed by atoms with Gasteiger partial charge in [-0.15, -0.1) is 13.1 Å². The Hall–Kier alpha value is -1.99. The summed E-state index contributed by atoms with van der Waals surface area (Å²) in [7, 11) is 0. The third-order valence-corrected chi connectivity index (χ3v) is 6.76. The third-order valence-electron chi connectivity index (χ3n) is 5.53. The number of nitrogens with one attached hydrogen (secondary N) is 1. The second kappa shape index (κ2) is 7.44. The second-order valence-electron chi connectivity index (χ2n) is 7.44. The van der Waals surface area contributed by atoms with Gasteiger partial charge >= 0.3 is 0 Å². The van der Waals surface area contributed by atoms with E-state index in [-0.39, 0.29) is 12.3 Å². The van der Waals surface area contributed by atoms with Gasteiger partial charge in [0.15, 0.2) is 12.3 Å². The summed E-state index contributed by atoms with van der Waals surface area (Å²) in [6, 6.07) is 10.6. The zero-order valence-electron chi connectivity index (χ0n) is 15.7. The number of nitrogens with zero attached hydrogens (tertiary/aromatic N) is 3. The van der Waals surface area contributed by atoms with E-state index < -0.39 is 0 Å². The normalized spacial score (nSPS) is 14.9. The number of rotatable bonds is 5. The largest absolute Gasteiger partial charge is 0.323 e. The maximum atomic E-state index is 13.6. The van der Waals surface area contributed by atoms with Crippen LogP contribution in [0.5, 0.6) is 0 Å². The molecule has 2 aliphatic carbocycles. The third kappa shape index (κ3) is 3.31. The van der Waals surface area contributed by atoms with E-state index in [0.717, 1.165) is 36.3 Å². The van der Waals surface area contributed by atoms with Crippen LogP contribution in [0.1, 0.15) is 40.7 Å². The lowest BCUT2D eigenvalue weighted by atomic mass is 9.99. The van der Waals surface area contributed by atoms with Gasteiger partial charge in [-0.1, -0.05) is 23.8 Å². The van der Waals surface area contributed by atoms with Gasteiger partial charge in [-0.25, -0.2) is 0 Å². The lowest BCUT2D eigenvalue weighted by molar-refractivity contribution is 0.857. The minimum Gasteiger partial charge on any atom is -0.323 e. The van der Waals surface area contributed by atoms with Gasteiger partial charge in [-0.2, -0.15) is 4.98 Å². The number of aromatic nitrogens is 3. The summed E-state index contributed by atoms with van der Waals surface area (Å²) in [5, 5.41) is 8.33. The number of hydrogen-bond donors (Lipinski definition) is 1. The predicted molar refractivity (Wildman–Crippen MR) is 113 cm³/mol. The fourth-order valence-corrected chi connectivity index (χ4v) is 5.48. The zero-order valence-corrected chi connectivity index (χ0v) is 17.3. The van der Waals surface area contributed by atoms with Crippen LogP contribution in [0.2, 0.25) is 0 Å². The predicted octanol–water partition coefficient (Wildman–Crippen LogP) is 5.84. The minimum absolute atomic E-state index is 0.0830. The Morgan fingerprint density at radius 2 is 1.79 bits per heavy atom. The molecule has 0 amide bonds. The van der Waals surface area contributed by atoms with Gasteiger partial charge < -0.3 is 5.32 Å². The van der Waals surface area contributed by atoms with Gasteiger partial charge in [-0.05, 0) is 91.6 Å². The summed E-state index contributed by atoms with van der Waals surface area (Å²) in [5.41, 5.74) is 7.97. The quantitative estimate of drug-likeness (QED) is 0.570. The summed E-state index contributed by atoms with van der Waals surface area (Å²) < 4.78 is 14.8. The summed E-state index contributed by atoms with van der Waals surface area (Å²) in [5.74, 6) is 0.456. The maximum absolute atomic E-state index is 13.6. The van der Waals surface area contributed by atoms with E-state index >= 15 is 0 Å². The van der Waals surface area contributed by atoms with Crippen LogP contribution in [0.3, 0.4) is 0 Å². The number of fused-ring (bicyclic) bond motifs is 2. The monoisotopic (exact) mass is 412 g/mol. The Bertz CT molecular complexity index is 1010. The first-order chi connectivity index (χ1) is 13.7. The molecule has 0 atom stereocenters. The molecule has 4 nitrogen and oxygen atoms in total. The van der Waals surface area contributed by atoms with Crippen LogP contribution in [-0.4, -0.2) is 14.2 Å². The van der Waals surface area contributed by atoms with Crippen molar-refractivity contribution < 1.29 is 3.89 Å². The van der Waals surface area contributed by atoms with Crippen LogP contribution in [0, 0.1) is 6.92 Å². The second-order valence-corrected chi connectivity index (χ2v) is 8.96. The van der Waals surface area contributed by atoms with Crippen LogP contribution < -0.4 is 5.32 Å². The van der Waals surface area contributed by atoms with Crippen molar-refractivity contribution in [2.24, 2.45) is 0 Å². The Balaban J connectivity index is 1.49. The van der Waals surface area contributed by atoms with Gasteiger partial charge in [0.05, 0.1) is 0 Å². The molecule has 0 radical (unpaired) electrons. The van der Waals surface area contributed by atoms with Crippen molar-refractivity contribution in [1.82, 2.24) is 14.2 Å². The van der Waals surface area contributed by atoms with E-state index in [1.807, 2.05) is 12.1 Å². The van der Waals surface area contributed by atoms with Crippen molar-refractivity contribution >= 4 is 35.7 Å². The number of benzene rings is 2. The Morgan fingerprint density at radius 3 is 2.46 bits per heavy atom. The van der Waals surface area contributed by atoms with Gasteiger partial charge in [0.25, 0.3) is 0 Å². The average Bonchev–Trinajstić information content (AvgIpc) is 3.41. The molecule has 0 spiro atoms. The highest BCUT2D eigenvalue weighted by Crippen LogP contribution is 2.40. The van der Waals surface area contributed by atoms with Gasteiger partial charge in [0, 0.05) is 10.6 Å². The average molecular weight is 413 g/mol. The molecule has 2 aromatic carbocycles. The molecule has 28 heavy (non-hydrogen) atoms. The molecule has 2 aliphatic rings. The molecule has 0 bridgehead atoms. The van der Waals surface area contributed by atoms with E-state index in [2.05, 4.69) is 40.5 Å². The molecule has 144 valence electrons. The number of aryl methyl sites for hydroxylation is 3. The summed E-state index contributed by atoms with van der Waals surface area (Å²) >= 11 is 1.53. The van der Waals surface area contributed by atoms with Crippen molar-refractivity contribution in [2.75, 3.05) is 5.32 Å². The molecule has 1 aromatic heterocycles. The molecule has 1 N–H and O–H groups in total. The Morgan fingerprint density at radius 1 is 1.04 bits per heavy atom. The fraction of sp³-hybridized carbons (Fsp3) is 0.333. The lowest BCUT2D eigenvalue weighted by Gasteiger charge is -2.16. The Kier molecular flexibility index (Phi) is 4.80. The summed E-state index contributed by atoms with van der Waals surface area (Å²) in [6.45, 7) is 2.05. The van der Waals surface area contributed by atoms with E-state index in [1.165, 1.54) is 56.5 Å². The van der Waals surface area contributed by atoms with Gasteiger partial charge in [0.1, 0.15) is 0 Å². The topological polar surface area (TPSA) is 42.7 Å².